The largest absolute Gasteiger partial charge is 0.480 e. The monoisotopic (exact) mass is 354 g/mol. The first-order valence-electron chi connectivity index (χ1n) is 6.47. The summed E-state index contributed by atoms with van der Waals surface area (Å²) >= 11 is 3.35. The van der Waals surface area contributed by atoms with Crippen molar-refractivity contribution in [2.45, 2.75) is 18.3 Å². The van der Waals surface area contributed by atoms with E-state index in [1.54, 1.807) is 0 Å². The number of rotatable bonds is 6. The molecule has 0 heterocycles. The van der Waals surface area contributed by atoms with Crippen LogP contribution in [0.2, 0.25) is 0 Å². The van der Waals surface area contributed by atoms with Gasteiger partial charge in [-0.1, -0.05) is 28.1 Å². The second-order valence-electron chi connectivity index (χ2n) is 4.94. The number of carboxylic acids is 1. The molecule has 0 saturated heterocycles. The van der Waals surface area contributed by atoms with E-state index in [4.69, 9.17) is 5.11 Å². The maximum atomic E-state index is 12.2. The van der Waals surface area contributed by atoms with Gasteiger partial charge in [-0.15, -0.1) is 0 Å². The SMILES string of the molecule is O=C(O)CNC(=O)CNC(=O)C1(c2ccc(Br)cc2)CC1. The van der Waals surface area contributed by atoms with Gasteiger partial charge in [0.05, 0.1) is 12.0 Å². The van der Waals surface area contributed by atoms with Crippen LogP contribution in [0.1, 0.15) is 18.4 Å². The van der Waals surface area contributed by atoms with Crippen LogP contribution in [-0.4, -0.2) is 36.0 Å². The number of hydrogen-bond donors (Lipinski definition) is 3. The summed E-state index contributed by atoms with van der Waals surface area (Å²) in [5, 5.41) is 13.2. The molecule has 0 aromatic heterocycles. The fourth-order valence-corrected chi connectivity index (χ4v) is 2.37. The first kappa shape index (κ1) is 15.5. The Morgan fingerprint density at radius 3 is 2.24 bits per heavy atom. The predicted octanol–water partition coefficient (Wildman–Crippen LogP) is 0.798. The van der Waals surface area contributed by atoms with Crippen molar-refractivity contribution < 1.29 is 19.5 Å². The number of hydrogen-bond acceptors (Lipinski definition) is 3. The molecule has 2 amide bonds. The Kier molecular flexibility index (Phi) is 4.62. The lowest BCUT2D eigenvalue weighted by molar-refractivity contribution is -0.137. The Balaban J connectivity index is 1.90. The zero-order chi connectivity index (χ0) is 15.5. The van der Waals surface area contributed by atoms with E-state index in [0.717, 1.165) is 22.9 Å². The third-order valence-corrected chi connectivity index (χ3v) is 3.96. The molecule has 0 aliphatic heterocycles. The molecular weight excluding hydrogens is 340 g/mol. The van der Waals surface area contributed by atoms with Crippen LogP contribution in [0.25, 0.3) is 0 Å². The van der Waals surface area contributed by atoms with Gasteiger partial charge in [-0.3, -0.25) is 14.4 Å². The Morgan fingerprint density at radius 1 is 1.10 bits per heavy atom. The lowest BCUT2D eigenvalue weighted by Gasteiger charge is -2.15. The van der Waals surface area contributed by atoms with E-state index < -0.39 is 23.8 Å². The van der Waals surface area contributed by atoms with Crippen molar-refractivity contribution in [2.24, 2.45) is 0 Å². The van der Waals surface area contributed by atoms with E-state index in [-0.39, 0.29) is 12.5 Å². The smallest absolute Gasteiger partial charge is 0.322 e. The van der Waals surface area contributed by atoms with E-state index in [1.807, 2.05) is 24.3 Å². The molecule has 7 heteroatoms. The first-order chi connectivity index (χ1) is 9.94. The number of halogens is 1. The number of carbonyl (C=O) groups excluding carboxylic acids is 2. The molecular formula is C14H15BrN2O4. The Morgan fingerprint density at radius 2 is 1.71 bits per heavy atom. The molecule has 6 nitrogen and oxygen atoms in total. The van der Waals surface area contributed by atoms with Gasteiger partial charge in [0.2, 0.25) is 11.8 Å². The van der Waals surface area contributed by atoms with Crippen LogP contribution in [0, 0.1) is 0 Å². The molecule has 1 fully saturated rings. The van der Waals surface area contributed by atoms with Crippen LogP contribution in [0.4, 0.5) is 0 Å². The Labute approximate surface area is 130 Å². The molecule has 0 unspecified atom stereocenters. The summed E-state index contributed by atoms with van der Waals surface area (Å²) < 4.78 is 0.940. The van der Waals surface area contributed by atoms with Gasteiger partial charge in [0.15, 0.2) is 0 Å². The highest BCUT2D eigenvalue weighted by molar-refractivity contribution is 9.10. The predicted molar refractivity (Wildman–Crippen MR) is 78.7 cm³/mol. The highest BCUT2D eigenvalue weighted by Crippen LogP contribution is 2.48. The number of nitrogens with one attached hydrogen (secondary N) is 2. The molecule has 0 atom stereocenters. The van der Waals surface area contributed by atoms with E-state index in [9.17, 15) is 14.4 Å². The van der Waals surface area contributed by atoms with Crippen molar-refractivity contribution in [2.75, 3.05) is 13.1 Å². The minimum atomic E-state index is -1.12. The maximum absolute atomic E-state index is 12.2. The molecule has 1 aliphatic carbocycles. The summed E-state index contributed by atoms with van der Waals surface area (Å²) in [4.78, 5) is 33.9. The molecule has 1 aromatic carbocycles. The van der Waals surface area contributed by atoms with E-state index in [0.29, 0.717) is 0 Å². The molecule has 2 rings (SSSR count). The lowest BCUT2D eigenvalue weighted by Crippen LogP contribution is -2.42. The summed E-state index contributed by atoms with van der Waals surface area (Å²) in [6, 6.07) is 7.53. The summed E-state index contributed by atoms with van der Waals surface area (Å²) in [6.07, 6.45) is 1.49. The van der Waals surface area contributed by atoms with Gasteiger partial charge in [-0.05, 0) is 30.5 Å². The zero-order valence-electron chi connectivity index (χ0n) is 11.2. The fraction of sp³-hybridized carbons (Fsp3) is 0.357. The second-order valence-corrected chi connectivity index (χ2v) is 5.86. The van der Waals surface area contributed by atoms with E-state index >= 15 is 0 Å². The van der Waals surface area contributed by atoms with Crippen molar-refractivity contribution in [1.82, 2.24) is 10.6 Å². The lowest BCUT2D eigenvalue weighted by atomic mass is 9.95. The molecule has 1 aromatic rings. The minimum Gasteiger partial charge on any atom is -0.480 e. The average Bonchev–Trinajstić information content (AvgIpc) is 3.25. The molecule has 3 N–H and O–H groups in total. The summed E-state index contributed by atoms with van der Waals surface area (Å²) in [6.45, 7) is -0.670. The number of carbonyl (C=O) groups is 3. The molecule has 0 radical (unpaired) electrons. The van der Waals surface area contributed by atoms with Gasteiger partial charge in [0.1, 0.15) is 6.54 Å². The summed E-state index contributed by atoms with van der Waals surface area (Å²) in [5.74, 6) is -1.84. The van der Waals surface area contributed by atoms with Gasteiger partial charge >= 0.3 is 5.97 Å². The maximum Gasteiger partial charge on any atom is 0.322 e. The van der Waals surface area contributed by atoms with Crippen molar-refractivity contribution in [1.29, 1.82) is 0 Å². The van der Waals surface area contributed by atoms with Gasteiger partial charge in [0.25, 0.3) is 0 Å². The summed E-state index contributed by atoms with van der Waals surface area (Å²) in [5.41, 5.74) is 0.377. The molecule has 1 saturated carbocycles. The van der Waals surface area contributed by atoms with Crippen molar-refractivity contribution >= 4 is 33.7 Å². The van der Waals surface area contributed by atoms with Gasteiger partial charge in [0, 0.05) is 4.47 Å². The van der Waals surface area contributed by atoms with E-state index in [2.05, 4.69) is 26.6 Å². The van der Waals surface area contributed by atoms with Crippen LogP contribution in [-0.2, 0) is 19.8 Å². The highest BCUT2D eigenvalue weighted by Gasteiger charge is 2.51. The van der Waals surface area contributed by atoms with Crippen LogP contribution in [0.5, 0.6) is 0 Å². The number of amides is 2. The van der Waals surface area contributed by atoms with Crippen LogP contribution in [0.3, 0.4) is 0 Å². The average molecular weight is 355 g/mol. The first-order valence-corrected chi connectivity index (χ1v) is 7.26. The quantitative estimate of drug-likeness (QED) is 0.703. The fourth-order valence-electron chi connectivity index (χ4n) is 2.11. The molecule has 112 valence electrons. The molecule has 21 heavy (non-hydrogen) atoms. The third-order valence-electron chi connectivity index (χ3n) is 3.43. The number of carboxylic acid groups (broad SMARTS) is 1. The molecule has 0 spiro atoms. The minimum absolute atomic E-state index is 0.199. The van der Waals surface area contributed by atoms with Gasteiger partial charge in [-0.25, -0.2) is 0 Å². The number of benzene rings is 1. The topological polar surface area (TPSA) is 95.5 Å². The van der Waals surface area contributed by atoms with Crippen molar-refractivity contribution in [3.63, 3.8) is 0 Å². The number of aliphatic carboxylic acids is 1. The summed E-state index contributed by atoms with van der Waals surface area (Å²) in [7, 11) is 0. The standard InChI is InChI=1S/C14H15BrN2O4/c15-10-3-1-9(2-4-10)14(5-6-14)13(21)17-7-11(18)16-8-12(19)20/h1-4H,5-8H2,(H,16,18)(H,17,21)(H,19,20). The zero-order valence-corrected chi connectivity index (χ0v) is 12.8. The van der Waals surface area contributed by atoms with Crippen molar-refractivity contribution in [3.8, 4) is 0 Å². The normalized spacial score (nSPS) is 15.1. The van der Waals surface area contributed by atoms with Crippen LogP contribution < -0.4 is 10.6 Å². The Hall–Kier alpha value is -1.89. The van der Waals surface area contributed by atoms with Gasteiger partial charge < -0.3 is 15.7 Å². The highest BCUT2D eigenvalue weighted by atomic mass is 79.9. The molecule has 0 bridgehead atoms. The van der Waals surface area contributed by atoms with E-state index in [1.165, 1.54) is 0 Å². The molecule has 1 aliphatic rings. The van der Waals surface area contributed by atoms with Crippen molar-refractivity contribution in [3.05, 3.63) is 34.3 Å². The Bertz CT molecular complexity index is 567. The second kappa shape index (κ2) is 6.26. The van der Waals surface area contributed by atoms with Gasteiger partial charge in [-0.2, -0.15) is 0 Å². The van der Waals surface area contributed by atoms with Crippen LogP contribution in [0.15, 0.2) is 28.7 Å². The third kappa shape index (κ3) is 3.81. The van der Waals surface area contributed by atoms with Crippen LogP contribution >= 0.6 is 15.9 Å².